The van der Waals surface area contributed by atoms with E-state index in [1.165, 1.54) is 17.0 Å². The van der Waals surface area contributed by atoms with Gasteiger partial charge in [0.2, 0.25) is 11.8 Å². The molecule has 0 aromatic heterocycles. The number of anilines is 3. The number of nitrogens with zero attached hydrogens (tertiary/aromatic N) is 1. The summed E-state index contributed by atoms with van der Waals surface area (Å²) in [5.74, 6) is -1.50. The van der Waals surface area contributed by atoms with E-state index in [2.05, 4.69) is 10.6 Å². The Hall–Kier alpha value is -3.42. The van der Waals surface area contributed by atoms with Crippen LogP contribution in [-0.2, 0) is 14.4 Å². The van der Waals surface area contributed by atoms with E-state index in [9.17, 15) is 18.8 Å². The van der Waals surface area contributed by atoms with Crippen LogP contribution in [0.2, 0.25) is 0 Å². The van der Waals surface area contributed by atoms with Crippen molar-refractivity contribution in [3.8, 4) is 5.75 Å². The molecule has 1 saturated heterocycles. The lowest BCUT2D eigenvalue weighted by Gasteiger charge is -2.24. The Labute approximate surface area is 160 Å². The van der Waals surface area contributed by atoms with Crippen molar-refractivity contribution in [1.29, 1.82) is 0 Å². The second-order valence-corrected chi connectivity index (χ2v) is 6.81. The Bertz CT molecular complexity index is 978. The summed E-state index contributed by atoms with van der Waals surface area (Å²) in [5, 5.41) is 5.46. The number of hydrogen-bond donors (Lipinski definition) is 2. The zero-order chi connectivity index (χ0) is 19.8. The first-order valence-electron chi connectivity index (χ1n) is 8.89. The Kier molecular flexibility index (Phi) is 4.46. The van der Waals surface area contributed by atoms with Gasteiger partial charge in [-0.15, -0.1) is 0 Å². The number of carbonyl (C=O) groups is 3. The number of ether oxygens (including phenoxy) is 1. The summed E-state index contributed by atoms with van der Waals surface area (Å²) < 4.78 is 19.4. The quantitative estimate of drug-likeness (QED) is 0.853. The van der Waals surface area contributed by atoms with Crippen LogP contribution in [0, 0.1) is 11.7 Å². The maximum absolute atomic E-state index is 14.0. The molecule has 0 radical (unpaired) electrons. The molecule has 144 valence electrons. The van der Waals surface area contributed by atoms with Crippen molar-refractivity contribution in [2.75, 3.05) is 22.1 Å². The summed E-state index contributed by atoms with van der Waals surface area (Å²) in [6, 6.07) is 10.9. The molecule has 2 aliphatic rings. The average Bonchev–Trinajstić information content (AvgIpc) is 3.05. The predicted molar refractivity (Wildman–Crippen MR) is 101 cm³/mol. The summed E-state index contributed by atoms with van der Waals surface area (Å²) in [7, 11) is 0. The largest absolute Gasteiger partial charge is 0.479 e. The lowest BCUT2D eigenvalue weighted by atomic mass is 10.1. The first-order valence-corrected chi connectivity index (χ1v) is 8.89. The lowest BCUT2D eigenvalue weighted by Crippen LogP contribution is -2.34. The molecule has 0 bridgehead atoms. The number of amides is 3. The van der Waals surface area contributed by atoms with E-state index in [0.717, 1.165) is 0 Å². The van der Waals surface area contributed by atoms with E-state index in [0.29, 0.717) is 17.1 Å². The van der Waals surface area contributed by atoms with Crippen molar-refractivity contribution in [2.24, 2.45) is 5.92 Å². The highest BCUT2D eigenvalue weighted by Crippen LogP contribution is 2.33. The molecule has 2 N–H and O–H groups in total. The third-order valence-electron chi connectivity index (χ3n) is 4.82. The van der Waals surface area contributed by atoms with Crippen molar-refractivity contribution in [1.82, 2.24) is 0 Å². The van der Waals surface area contributed by atoms with E-state index < -0.39 is 17.8 Å². The van der Waals surface area contributed by atoms with Crippen molar-refractivity contribution in [2.45, 2.75) is 19.4 Å². The van der Waals surface area contributed by atoms with Crippen molar-refractivity contribution in [3.05, 3.63) is 48.3 Å². The molecule has 28 heavy (non-hydrogen) atoms. The van der Waals surface area contributed by atoms with Gasteiger partial charge in [0, 0.05) is 18.7 Å². The smallest absolute Gasteiger partial charge is 0.265 e. The highest BCUT2D eigenvalue weighted by molar-refractivity contribution is 6.04. The number of benzene rings is 2. The van der Waals surface area contributed by atoms with Crippen molar-refractivity contribution < 1.29 is 23.5 Å². The second kappa shape index (κ2) is 6.95. The molecular weight excluding hydrogens is 365 g/mol. The second-order valence-electron chi connectivity index (χ2n) is 6.81. The van der Waals surface area contributed by atoms with Crippen molar-refractivity contribution >= 4 is 34.8 Å². The lowest BCUT2D eigenvalue weighted by molar-refractivity contribution is -0.122. The highest BCUT2D eigenvalue weighted by Gasteiger charge is 2.36. The summed E-state index contributed by atoms with van der Waals surface area (Å²) >= 11 is 0. The molecule has 4 rings (SSSR count). The van der Waals surface area contributed by atoms with Crippen molar-refractivity contribution in [3.63, 3.8) is 0 Å². The molecule has 3 amide bonds. The third-order valence-corrected chi connectivity index (χ3v) is 4.82. The minimum absolute atomic E-state index is 0.00245. The summed E-state index contributed by atoms with van der Waals surface area (Å²) in [5.41, 5.74) is 1.11. The molecule has 8 heteroatoms. The van der Waals surface area contributed by atoms with Crippen LogP contribution in [-0.4, -0.2) is 30.4 Å². The van der Waals surface area contributed by atoms with Gasteiger partial charge in [-0.05, 0) is 37.3 Å². The van der Waals surface area contributed by atoms with Crippen LogP contribution in [0.15, 0.2) is 42.5 Å². The number of carbonyl (C=O) groups excluding carboxylic acids is 3. The minimum atomic E-state index is -0.603. The zero-order valence-corrected chi connectivity index (χ0v) is 15.1. The van der Waals surface area contributed by atoms with Crippen LogP contribution >= 0.6 is 0 Å². The molecular formula is C20H18FN3O4. The fourth-order valence-electron chi connectivity index (χ4n) is 3.32. The zero-order valence-electron chi connectivity index (χ0n) is 15.1. The van der Waals surface area contributed by atoms with Gasteiger partial charge in [0.1, 0.15) is 11.6 Å². The fourth-order valence-corrected chi connectivity index (χ4v) is 3.32. The third kappa shape index (κ3) is 3.28. The number of halogens is 1. The minimum Gasteiger partial charge on any atom is -0.479 e. The van der Waals surface area contributed by atoms with E-state index in [4.69, 9.17) is 4.74 Å². The molecule has 2 aromatic rings. The summed E-state index contributed by atoms with van der Waals surface area (Å²) in [4.78, 5) is 37.9. The summed E-state index contributed by atoms with van der Waals surface area (Å²) in [6.45, 7) is 1.75. The fraction of sp³-hybridized carbons (Fsp3) is 0.250. The first-order chi connectivity index (χ1) is 13.4. The molecule has 2 atom stereocenters. The average molecular weight is 383 g/mol. The molecule has 1 fully saturated rings. The first kappa shape index (κ1) is 18.0. The van der Waals surface area contributed by atoms with Crippen LogP contribution < -0.4 is 20.3 Å². The number of hydrogen-bond acceptors (Lipinski definition) is 4. The normalized spacial score (nSPS) is 21.0. The number of para-hydroxylation sites is 1. The van der Waals surface area contributed by atoms with E-state index in [1.54, 1.807) is 37.3 Å². The van der Waals surface area contributed by atoms with Crippen LogP contribution in [0.4, 0.5) is 21.5 Å². The SMILES string of the molecule is C[C@H]1Oc2ccc(NC(=O)[C@@H]3CC(=O)N(c4ccccc4F)C3)cc2NC1=O. The topological polar surface area (TPSA) is 87.7 Å². The maximum Gasteiger partial charge on any atom is 0.265 e. The van der Waals surface area contributed by atoms with E-state index >= 15 is 0 Å². The molecule has 2 heterocycles. The van der Waals surface area contributed by atoms with Gasteiger partial charge in [-0.2, -0.15) is 0 Å². The van der Waals surface area contributed by atoms with Gasteiger partial charge in [-0.25, -0.2) is 4.39 Å². The van der Waals surface area contributed by atoms with Gasteiger partial charge >= 0.3 is 0 Å². The van der Waals surface area contributed by atoms with Gasteiger partial charge in [0.05, 0.1) is 17.3 Å². The maximum atomic E-state index is 14.0. The molecule has 0 spiro atoms. The van der Waals surface area contributed by atoms with Gasteiger partial charge in [-0.1, -0.05) is 12.1 Å². The summed E-state index contributed by atoms with van der Waals surface area (Å²) in [6.07, 6.45) is -0.579. The molecule has 7 nitrogen and oxygen atoms in total. The molecule has 0 unspecified atom stereocenters. The van der Waals surface area contributed by atoms with Crippen LogP contribution in [0.1, 0.15) is 13.3 Å². The highest BCUT2D eigenvalue weighted by atomic mass is 19.1. The van der Waals surface area contributed by atoms with E-state index in [-0.39, 0.29) is 36.4 Å². The Morgan fingerprint density at radius 1 is 1.25 bits per heavy atom. The Morgan fingerprint density at radius 3 is 2.82 bits per heavy atom. The van der Waals surface area contributed by atoms with Gasteiger partial charge in [0.15, 0.2) is 6.10 Å². The Morgan fingerprint density at radius 2 is 2.04 bits per heavy atom. The molecule has 2 aliphatic heterocycles. The predicted octanol–water partition coefficient (Wildman–Crippen LogP) is 2.54. The monoisotopic (exact) mass is 383 g/mol. The Balaban J connectivity index is 1.46. The number of rotatable bonds is 3. The molecule has 2 aromatic carbocycles. The standard InChI is InChI=1S/C20H18FN3O4/c1-11-19(26)23-15-9-13(6-7-17(15)28-11)22-20(27)12-8-18(25)24(10-12)16-5-3-2-4-14(16)21/h2-7,9,11-12H,8,10H2,1H3,(H,22,27)(H,23,26)/t11-,12-/m1/s1. The van der Waals surface area contributed by atoms with Crippen LogP contribution in [0.25, 0.3) is 0 Å². The van der Waals surface area contributed by atoms with Gasteiger partial charge in [0.25, 0.3) is 5.91 Å². The van der Waals surface area contributed by atoms with Crippen LogP contribution in [0.3, 0.4) is 0 Å². The van der Waals surface area contributed by atoms with Crippen LogP contribution in [0.5, 0.6) is 5.75 Å². The van der Waals surface area contributed by atoms with E-state index in [1.807, 2.05) is 0 Å². The molecule has 0 aliphatic carbocycles. The van der Waals surface area contributed by atoms with Gasteiger partial charge in [-0.3, -0.25) is 14.4 Å². The van der Waals surface area contributed by atoms with Gasteiger partial charge < -0.3 is 20.3 Å². The number of fused-ring (bicyclic) bond motifs is 1. The number of nitrogens with one attached hydrogen (secondary N) is 2. The molecule has 0 saturated carbocycles.